The standard InChI is InChI=1S/C25H23NO2/c1-3-26(4-2)24-17-23(27)22-16-20(18-11-7-5-8-12-18)15-21(25(22)28-24)19-13-9-6-10-14-19/h5-17H,3-4H2,1-2H3. The molecule has 0 amide bonds. The fraction of sp³-hybridized carbons (Fsp3) is 0.160. The van der Waals surface area contributed by atoms with Crippen molar-refractivity contribution < 1.29 is 4.42 Å². The van der Waals surface area contributed by atoms with Gasteiger partial charge in [-0.1, -0.05) is 60.7 Å². The quantitative estimate of drug-likeness (QED) is 0.434. The van der Waals surface area contributed by atoms with Crippen molar-refractivity contribution in [2.24, 2.45) is 0 Å². The highest BCUT2D eigenvalue weighted by molar-refractivity contribution is 5.96. The van der Waals surface area contributed by atoms with E-state index in [1.165, 1.54) is 0 Å². The van der Waals surface area contributed by atoms with E-state index in [0.717, 1.165) is 35.3 Å². The molecule has 0 saturated heterocycles. The summed E-state index contributed by atoms with van der Waals surface area (Å²) in [6.45, 7) is 5.69. The van der Waals surface area contributed by atoms with Gasteiger partial charge in [0, 0.05) is 24.7 Å². The molecule has 0 bridgehead atoms. The van der Waals surface area contributed by atoms with Crippen LogP contribution in [0.5, 0.6) is 0 Å². The second-order valence-electron chi connectivity index (χ2n) is 6.75. The maximum Gasteiger partial charge on any atom is 0.199 e. The van der Waals surface area contributed by atoms with Crippen LogP contribution in [-0.4, -0.2) is 13.1 Å². The van der Waals surface area contributed by atoms with Crippen molar-refractivity contribution in [1.82, 2.24) is 0 Å². The highest BCUT2D eigenvalue weighted by Gasteiger charge is 2.15. The zero-order valence-corrected chi connectivity index (χ0v) is 16.2. The molecule has 3 nitrogen and oxygen atoms in total. The topological polar surface area (TPSA) is 33.5 Å². The normalized spacial score (nSPS) is 10.9. The summed E-state index contributed by atoms with van der Waals surface area (Å²) in [4.78, 5) is 15.1. The van der Waals surface area contributed by atoms with Gasteiger partial charge in [0.1, 0.15) is 5.58 Å². The Morgan fingerprint density at radius 2 is 1.36 bits per heavy atom. The molecule has 0 fully saturated rings. The van der Waals surface area contributed by atoms with Gasteiger partial charge in [0.15, 0.2) is 11.3 Å². The number of fused-ring (bicyclic) bond motifs is 1. The van der Waals surface area contributed by atoms with Crippen LogP contribution in [0.25, 0.3) is 33.2 Å². The Bertz CT molecular complexity index is 1140. The Hall–Kier alpha value is -3.33. The minimum atomic E-state index is -0.0156. The molecule has 0 spiro atoms. The number of rotatable bonds is 5. The first-order valence-electron chi connectivity index (χ1n) is 9.69. The van der Waals surface area contributed by atoms with Crippen molar-refractivity contribution in [2.75, 3.05) is 18.0 Å². The van der Waals surface area contributed by atoms with Crippen molar-refractivity contribution in [3.63, 3.8) is 0 Å². The third-order valence-electron chi connectivity index (χ3n) is 5.08. The molecule has 0 aliphatic carbocycles. The summed E-state index contributed by atoms with van der Waals surface area (Å²) < 4.78 is 6.29. The maximum absolute atomic E-state index is 13.0. The highest BCUT2D eigenvalue weighted by Crippen LogP contribution is 2.34. The molecule has 1 heterocycles. The van der Waals surface area contributed by atoms with E-state index in [4.69, 9.17) is 4.42 Å². The number of anilines is 1. The van der Waals surface area contributed by atoms with E-state index in [1.807, 2.05) is 54.6 Å². The van der Waals surface area contributed by atoms with Gasteiger partial charge in [-0.2, -0.15) is 0 Å². The van der Waals surface area contributed by atoms with Gasteiger partial charge in [-0.15, -0.1) is 0 Å². The Morgan fingerprint density at radius 1 is 0.750 bits per heavy atom. The van der Waals surface area contributed by atoms with Crippen LogP contribution in [0.3, 0.4) is 0 Å². The summed E-state index contributed by atoms with van der Waals surface area (Å²) in [5.41, 5.74) is 4.68. The molecular formula is C25H23NO2. The lowest BCUT2D eigenvalue weighted by Gasteiger charge is -2.20. The van der Waals surface area contributed by atoms with E-state index in [9.17, 15) is 4.79 Å². The lowest BCUT2D eigenvalue weighted by atomic mass is 9.96. The van der Waals surface area contributed by atoms with Gasteiger partial charge in [0.2, 0.25) is 0 Å². The first-order chi connectivity index (χ1) is 13.7. The maximum atomic E-state index is 13.0. The largest absolute Gasteiger partial charge is 0.440 e. The molecular weight excluding hydrogens is 346 g/mol. The summed E-state index contributed by atoms with van der Waals surface area (Å²) in [5, 5.41) is 0.608. The monoisotopic (exact) mass is 369 g/mol. The van der Waals surface area contributed by atoms with Crippen LogP contribution in [0.2, 0.25) is 0 Å². The van der Waals surface area contributed by atoms with Crippen molar-refractivity contribution in [3.05, 3.63) is 89.1 Å². The van der Waals surface area contributed by atoms with Crippen LogP contribution in [0, 0.1) is 0 Å². The van der Waals surface area contributed by atoms with Gasteiger partial charge in [-0.05, 0) is 42.7 Å². The average molecular weight is 369 g/mol. The van der Waals surface area contributed by atoms with Gasteiger partial charge in [0.25, 0.3) is 0 Å². The Morgan fingerprint density at radius 3 is 1.96 bits per heavy atom. The highest BCUT2D eigenvalue weighted by atomic mass is 16.4. The van der Waals surface area contributed by atoms with Crippen molar-refractivity contribution in [3.8, 4) is 22.3 Å². The zero-order chi connectivity index (χ0) is 19.5. The molecule has 0 unspecified atom stereocenters. The Balaban J connectivity index is 2.04. The molecule has 3 aromatic carbocycles. The van der Waals surface area contributed by atoms with E-state index < -0.39 is 0 Å². The summed E-state index contributed by atoms with van der Waals surface area (Å²) in [6.07, 6.45) is 0. The van der Waals surface area contributed by atoms with E-state index in [2.05, 4.69) is 36.9 Å². The first kappa shape index (κ1) is 18.1. The molecule has 28 heavy (non-hydrogen) atoms. The third-order valence-corrected chi connectivity index (χ3v) is 5.08. The molecule has 0 saturated carbocycles. The van der Waals surface area contributed by atoms with Crippen LogP contribution >= 0.6 is 0 Å². The van der Waals surface area contributed by atoms with Crippen LogP contribution in [0.4, 0.5) is 5.88 Å². The Labute approximate surface area is 164 Å². The molecule has 0 aliphatic rings. The molecule has 0 radical (unpaired) electrons. The fourth-order valence-corrected chi connectivity index (χ4v) is 3.57. The second-order valence-corrected chi connectivity index (χ2v) is 6.75. The van der Waals surface area contributed by atoms with Crippen LogP contribution in [-0.2, 0) is 0 Å². The molecule has 4 aromatic rings. The van der Waals surface area contributed by atoms with Crippen molar-refractivity contribution in [1.29, 1.82) is 0 Å². The van der Waals surface area contributed by atoms with Gasteiger partial charge >= 0.3 is 0 Å². The molecule has 1 aromatic heterocycles. The molecule has 0 N–H and O–H groups in total. The average Bonchev–Trinajstić information content (AvgIpc) is 2.75. The molecule has 0 aliphatic heterocycles. The van der Waals surface area contributed by atoms with E-state index >= 15 is 0 Å². The van der Waals surface area contributed by atoms with Gasteiger partial charge in [-0.3, -0.25) is 4.79 Å². The first-order valence-corrected chi connectivity index (χ1v) is 9.69. The van der Waals surface area contributed by atoms with E-state index in [-0.39, 0.29) is 5.43 Å². The van der Waals surface area contributed by atoms with Gasteiger partial charge in [0.05, 0.1) is 5.39 Å². The van der Waals surface area contributed by atoms with Crippen LogP contribution in [0.1, 0.15) is 13.8 Å². The summed E-state index contributed by atoms with van der Waals surface area (Å²) in [7, 11) is 0. The number of hydrogen-bond acceptors (Lipinski definition) is 3. The van der Waals surface area contributed by atoms with Gasteiger partial charge in [-0.25, -0.2) is 0 Å². The van der Waals surface area contributed by atoms with Gasteiger partial charge < -0.3 is 9.32 Å². The van der Waals surface area contributed by atoms with Crippen LogP contribution < -0.4 is 10.3 Å². The second kappa shape index (κ2) is 7.73. The van der Waals surface area contributed by atoms with Crippen molar-refractivity contribution >= 4 is 16.9 Å². The predicted molar refractivity (Wildman–Crippen MR) is 117 cm³/mol. The Kier molecular flexibility index (Phi) is 4.98. The lowest BCUT2D eigenvalue weighted by molar-refractivity contribution is 0.579. The van der Waals surface area contributed by atoms with E-state index in [1.54, 1.807) is 6.07 Å². The number of benzene rings is 3. The zero-order valence-electron chi connectivity index (χ0n) is 16.2. The minimum Gasteiger partial charge on any atom is -0.440 e. The third kappa shape index (κ3) is 3.31. The SMILES string of the molecule is CCN(CC)c1cc(=O)c2cc(-c3ccccc3)cc(-c3ccccc3)c2o1. The molecule has 3 heteroatoms. The van der Waals surface area contributed by atoms with E-state index in [0.29, 0.717) is 16.9 Å². The summed E-state index contributed by atoms with van der Waals surface area (Å²) >= 11 is 0. The smallest absolute Gasteiger partial charge is 0.199 e. The molecule has 140 valence electrons. The fourth-order valence-electron chi connectivity index (χ4n) is 3.57. The van der Waals surface area contributed by atoms with Crippen molar-refractivity contribution in [2.45, 2.75) is 13.8 Å². The summed E-state index contributed by atoms with van der Waals surface area (Å²) in [6, 6.07) is 25.9. The number of hydrogen-bond donors (Lipinski definition) is 0. The minimum absolute atomic E-state index is 0.0156. The molecule has 0 atom stereocenters. The predicted octanol–water partition coefficient (Wildman–Crippen LogP) is 5.97. The number of nitrogens with zero attached hydrogens (tertiary/aromatic N) is 1. The molecule has 4 rings (SSSR count). The summed E-state index contributed by atoms with van der Waals surface area (Å²) in [5.74, 6) is 0.618. The lowest BCUT2D eigenvalue weighted by Crippen LogP contribution is -2.23. The van der Waals surface area contributed by atoms with Crippen LogP contribution in [0.15, 0.2) is 88.1 Å².